The Bertz CT molecular complexity index is 737. The first kappa shape index (κ1) is 15.5. The predicted octanol–water partition coefficient (Wildman–Crippen LogP) is 1.16. The van der Waals surface area contributed by atoms with Crippen LogP contribution in [0.4, 0.5) is 0 Å². The molecule has 3 rings (SSSR count). The first-order valence-electron chi connectivity index (χ1n) is 7.20. The van der Waals surface area contributed by atoms with Gasteiger partial charge < -0.3 is 10.3 Å². The zero-order chi connectivity index (χ0) is 16.1. The average molecular weight is 331 g/mol. The van der Waals surface area contributed by atoms with E-state index in [0.717, 1.165) is 29.0 Å². The number of fused-ring (bicyclic) bond motifs is 1. The molecule has 8 nitrogen and oxygen atoms in total. The molecule has 0 aliphatic heterocycles. The largest absolute Gasteiger partial charge is 0.345 e. The Morgan fingerprint density at radius 3 is 3.04 bits per heavy atom. The molecular weight excluding hydrogens is 314 g/mol. The second-order valence-corrected chi connectivity index (χ2v) is 6.03. The lowest BCUT2D eigenvalue weighted by Gasteiger charge is -2.16. The van der Waals surface area contributed by atoms with E-state index in [4.69, 9.17) is 0 Å². The molecular formula is C14H17N7OS. The van der Waals surface area contributed by atoms with Gasteiger partial charge in [-0.25, -0.2) is 9.67 Å². The van der Waals surface area contributed by atoms with Crippen LogP contribution in [0.1, 0.15) is 18.3 Å². The number of carbonyl (C=O) groups is 1. The summed E-state index contributed by atoms with van der Waals surface area (Å²) in [7, 11) is 0. The van der Waals surface area contributed by atoms with E-state index in [1.54, 1.807) is 11.8 Å². The van der Waals surface area contributed by atoms with Crippen molar-refractivity contribution in [2.75, 3.05) is 12.0 Å². The van der Waals surface area contributed by atoms with Crippen LogP contribution in [0.2, 0.25) is 0 Å². The maximum atomic E-state index is 12.2. The van der Waals surface area contributed by atoms with Gasteiger partial charge in [0, 0.05) is 0 Å². The smallest absolute Gasteiger partial charge is 0.242 e. The maximum Gasteiger partial charge on any atom is 0.242 e. The van der Waals surface area contributed by atoms with Crippen LogP contribution < -0.4 is 5.32 Å². The first-order valence-corrected chi connectivity index (χ1v) is 8.59. The highest BCUT2D eigenvalue weighted by atomic mass is 32.2. The highest BCUT2D eigenvalue weighted by Crippen LogP contribution is 2.20. The fourth-order valence-electron chi connectivity index (χ4n) is 2.29. The summed E-state index contributed by atoms with van der Waals surface area (Å²) in [5, 5.41) is 13.7. The van der Waals surface area contributed by atoms with Gasteiger partial charge in [0.2, 0.25) is 5.91 Å². The lowest BCUT2D eigenvalue weighted by atomic mass is 10.2. The second kappa shape index (κ2) is 7.23. The van der Waals surface area contributed by atoms with Crippen LogP contribution in [0.5, 0.6) is 0 Å². The summed E-state index contributed by atoms with van der Waals surface area (Å²) < 4.78 is 1.39. The van der Waals surface area contributed by atoms with E-state index in [1.165, 1.54) is 11.0 Å². The van der Waals surface area contributed by atoms with Crippen LogP contribution in [0.3, 0.4) is 0 Å². The number of benzene rings is 1. The van der Waals surface area contributed by atoms with Crippen molar-refractivity contribution in [3.05, 3.63) is 36.4 Å². The van der Waals surface area contributed by atoms with E-state index in [2.05, 4.69) is 30.8 Å². The molecule has 0 aliphatic rings. The Balaban J connectivity index is 1.75. The topological polar surface area (TPSA) is 101 Å². The quantitative estimate of drug-likeness (QED) is 0.674. The fourth-order valence-corrected chi connectivity index (χ4v) is 2.76. The summed E-state index contributed by atoms with van der Waals surface area (Å²) in [5.74, 6) is 1.54. The molecule has 1 atom stereocenters. The van der Waals surface area contributed by atoms with E-state index in [1.807, 2.05) is 30.5 Å². The van der Waals surface area contributed by atoms with Gasteiger partial charge in [0.1, 0.15) is 18.7 Å². The van der Waals surface area contributed by atoms with E-state index >= 15 is 0 Å². The Morgan fingerprint density at radius 2 is 2.30 bits per heavy atom. The van der Waals surface area contributed by atoms with Crippen molar-refractivity contribution < 1.29 is 4.79 Å². The van der Waals surface area contributed by atoms with Gasteiger partial charge in [0.05, 0.1) is 17.1 Å². The second-order valence-electron chi connectivity index (χ2n) is 5.05. The van der Waals surface area contributed by atoms with Crippen LogP contribution in [0.15, 0.2) is 30.6 Å². The van der Waals surface area contributed by atoms with Crippen molar-refractivity contribution >= 4 is 28.7 Å². The molecule has 1 aromatic carbocycles. The van der Waals surface area contributed by atoms with Crippen LogP contribution in [-0.4, -0.2) is 48.1 Å². The molecule has 0 radical (unpaired) electrons. The van der Waals surface area contributed by atoms with Gasteiger partial charge in [0.25, 0.3) is 0 Å². The van der Waals surface area contributed by atoms with Crippen molar-refractivity contribution in [2.24, 2.45) is 0 Å². The number of nitrogens with zero attached hydrogens (tertiary/aromatic N) is 5. The number of aromatic nitrogens is 6. The van der Waals surface area contributed by atoms with E-state index in [0.29, 0.717) is 0 Å². The third-order valence-corrected chi connectivity index (χ3v) is 4.02. The van der Waals surface area contributed by atoms with E-state index in [9.17, 15) is 4.79 Å². The van der Waals surface area contributed by atoms with Crippen LogP contribution in [0.25, 0.3) is 11.0 Å². The number of thioether (sulfide) groups is 1. The van der Waals surface area contributed by atoms with Gasteiger partial charge in [0.15, 0.2) is 0 Å². The number of tetrazole rings is 1. The molecule has 120 valence electrons. The number of H-pyrrole nitrogens is 1. The van der Waals surface area contributed by atoms with Crippen molar-refractivity contribution in [1.82, 2.24) is 35.5 Å². The molecule has 0 bridgehead atoms. The Morgan fingerprint density at radius 1 is 1.43 bits per heavy atom. The van der Waals surface area contributed by atoms with Crippen molar-refractivity contribution in [3.8, 4) is 0 Å². The number of carbonyl (C=O) groups excluding carboxylic acids is 1. The molecule has 1 amide bonds. The SMILES string of the molecule is CSCC[C@@H](NC(=O)Cn1cnnn1)c1nc2ccccc2[nH]1. The van der Waals surface area contributed by atoms with E-state index in [-0.39, 0.29) is 18.5 Å². The molecule has 23 heavy (non-hydrogen) atoms. The standard InChI is InChI=1S/C14H17N7OS/c1-23-7-6-12(16-13(22)8-21-9-15-19-20-21)14-17-10-4-2-3-5-11(10)18-14/h2-5,9,12H,6-8H2,1H3,(H,16,22)(H,17,18)/t12-/m1/s1. The zero-order valence-electron chi connectivity index (χ0n) is 12.6. The molecule has 9 heteroatoms. The Labute approximate surface area is 137 Å². The number of aromatic amines is 1. The number of amides is 1. The predicted molar refractivity (Wildman–Crippen MR) is 87.8 cm³/mol. The molecule has 0 saturated heterocycles. The minimum absolute atomic E-state index is 0.0863. The molecule has 2 N–H and O–H groups in total. The van der Waals surface area contributed by atoms with Crippen molar-refractivity contribution in [1.29, 1.82) is 0 Å². The van der Waals surface area contributed by atoms with Gasteiger partial charge >= 0.3 is 0 Å². The summed E-state index contributed by atoms with van der Waals surface area (Å²) >= 11 is 1.73. The number of rotatable bonds is 7. The average Bonchev–Trinajstić information content (AvgIpc) is 3.20. The normalized spacial score (nSPS) is 12.4. The molecule has 0 saturated carbocycles. The minimum atomic E-state index is -0.168. The summed E-state index contributed by atoms with van der Waals surface area (Å²) in [6.07, 6.45) is 4.25. The molecule has 0 unspecified atom stereocenters. The van der Waals surface area contributed by atoms with Gasteiger partial charge in [-0.2, -0.15) is 11.8 Å². The van der Waals surface area contributed by atoms with Crippen LogP contribution in [0, 0.1) is 0 Å². The summed E-state index contributed by atoms with van der Waals surface area (Å²) in [6, 6.07) is 7.65. The number of imidazole rings is 1. The molecule has 0 fully saturated rings. The third-order valence-electron chi connectivity index (χ3n) is 3.38. The van der Waals surface area contributed by atoms with Gasteiger partial charge in [-0.15, -0.1) is 5.10 Å². The molecule has 0 spiro atoms. The summed E-state index contributed by atoms with van der Waals surface area (Å²) in [4.78, 5) is 20.1. The molecule has 2 heterocycles. The highest BCUT2D eigenvalue weighted by molar-refractivity contribution is 7.98. The molecule has 2 aromatic heterocycles. The van der Waals surface area contributed by atoms with Gasteiger partial charge in [-0.05, 0) is 41.0 Å². The minimum Gasteiger partial charge on any atom is -0.345 e. The maximum absolute atomic E-state index is 12.2. The molecule has 3 aromatic rings. The first-order chi connectivity index (χ1) is 11.3. The van der Waals surface area contributed by atoms with E-state index < -0.39 is 0 Å². The Kier molecular flexibility index (Phi) is 4.86. The highest BCUT2D eigenvalue weighted by Gasteiger charge is 2.18. The summed E-state index contributed by atoms with van der Waals surface area (Å²) in [5.41, 5.74) is 1.86. The van der Waals surface area contributed by atoms with Gasteiger partial charge in [-0.1, -0.05) is 12.1 Å². The monoisotopic (exact) mass is 331 g/mol. The lowest BCUT2D eigenvalue weighted by Crippen LogP contribution is -2.32. The number of nitrogens with one attached hydrogen (secondary N) is 2. The third kappa shape index (κ3) is 3.86. The van der Waals surface area contributed by atoms with Crippen molar-refractivity contribution in [3.63, 3.8) is 0 Å². The summed E-state index contributed by atoms with van der Waals surface area (Å²) in [6.45, 7) is 0.0863. The zero-order valence-corrected chi connectivity index (χ0v) is 13.5. The van der Waals surface area contributed by atoms with Gasteiger partial charge in [-0.3, -0.25) is 4.79 Å². The Hall–Kier alpha value is -2.42. The fraction of sp³-hybridized carbons (Fsp3) is 0.357. The number of hydrogen-bond donors (Lipinski definition) is 2. The van der Waals surface area contributed by atoms with Crippen LogP contribution >= 0.6 is 11.8 Å². The van der Waals surface area contributed by atoms with Crippen LogP contribution in [-0.2, 0) is 11.3 Å². The lowest BCUT2D eigenvalue weighted by molar-refractivity contribution is -0.122. The van der Waals surface area contributed by atoms with Crippen molar-refractivity contribution in [2.45, 2.75) is 19.0 Å². The number of para-hydroxylation sites is 2. The number of hydrogen-bond acceptors (Lipinski definition) is 6. The molecule has 0 aliphatic carbocycles.